The molecule has 0 aliphatic rings. The summed E-state index contributed by atoms with van der Waals surface area (Å²) in [6.07, 6.45) is 6.66. The highest BCUT2D eigenvalue weighted by molar-refractivity contribution is 5.90. The fraction of sp³-hybridized carbons (Fsp3) is 0. The van der Waals surface area contributed by atoms with Gasteiger partial charge in [-0.25, -0.2) is 24.7 Å². The third-order valence-electron chi connectivity index (χ3n) is 2.47. The number of aromatic nitrogens is 4. The number of carboxylic acid groups (broad SMARTS) is 1. The van der Waals surface area contributed by atoms with Crippen LogP contribution in [0.4, 0.5) is 0 Å². The number of benzene rings is 1. The second-order valence-corrected chi connectivity index (χ2v) is 3.97. The molecule has 0 radical (unpaired) electrons. The Labute approximate surface area is 126 Å². The number of rotatable bonds is 2. The molecular weight excluding hydrogens is 284 g/mol. The molecule has 7 nitrogen and oxygen atoms in total. The molecule has 0 spiro atoms. The zero-order valence-electron chi connectivity index (χ0n) is 11.4. The van der Waals surface area contributed by atoms with Crippen LogP contribution in [0.1, 0.15) is 10.4 Å². The molecule has 0 atom stereocenters. The van der Waals surface area contributed by atoms with E-state index in [0.29, 0.717) is 11.6 Å². The third kappa shape index (κ3) is 4.07. The Kier molecular flexibility index (Phi) is 5.09. The summed E-state index contributed by atoms with van der Waals surface area (Å²) in [6.45, 7) is 0. The van der Waals surface area contributed by atoms with Gasteiger partial charge in [0.25, 0.3) is 0 Å². The van der Waals surface area contributed by atoms with Gasteiger partial charge in [-0.15, -0.1) is 0 Å². The average molecular weight is 296 g/mol. The molecule has 22 heavy (non-hydrogen) atoms. The van der Waals surface area contributed by atoms with Crippen molar-refractivity contribution in [2.75, 3.05) is 0 Å². The van der Waals surface area contributed by atoms with Crippen LogP contribution in [0.5, 0.6) is 5.75 Å². The van der Waals surface area contributed by atoms with Gasteiger partial charge in [-0.1, -0.05) is 12.1 Å². The molecular formula is C15H12N4O3. The van der Waals surface area contributed by atoms with Crippen LogP contribution >= 0.6 is 0 Å². The van der Waals surface area contributed by atoms with Gasteiger partial charge in [0.1, 0.15) is 11.3 Å². The summed E-state index contributed by atoms with van der Waals surface area (Å²) in [5.74, 6) is -0.204. The maximum Gasteiger partial charge on any atom is 0.339 e. The van der Waals surface area contributed by atoms with E-state index < -0.39 is 5.97 Å². The molecule has 2 N–H and O–H groups in total. The number of carboxylic acids is 1. The van der Waals surface area contributed by atoms with Gasteiger partial charge in [0.15, 0.2) is 11.6 Å². The van der Waals surface area contributed by atoms with E-state index in [9.17, 15) is 4.79 Å². The maximum absolute atomic E-state index is 10.3. The highest BCUT2D eigenvalue weighted by Gasteiger charge is 2.05. The Morgan fingerprint density at radius 1 is 0.773 bits per heavy atom. The van der Waals surface area contributed by atoms with Crippen LogP contribution in [-0.2, 0) is 0 Å². The molecule has 0 aliphatic carbocycles. The van der Waals surface area contributed by atoms with Gasteiger partial charge in [-0.2, -0.15) is 0 Å². The monoisotopic (exact) mass is 296 g/mol. The number of phenols is 1. The van der Waals surface area contributed by atoms with Crippen LogP contribution in [0, 0.1) is 0 Å². The highest BCUT2D eigenvalue weighted by atomic mass is 16.4. The molecule has 2 heterocycles. The van der Waals surface area contributed by atoms with Crippen LogP contribution in [0.2, 0.25) is 0 Å². The zero-order chi connectivity index (χ0) is 15.8. The first-order valence-electron chi connectivity index (χ1n) is 6.24. The summed E-state index contributed by atoms with van der Waals surface area (Å²) >= 11 is 0. The summed E-state index contributed by atoms with van der Waals surface area (Å²) in [4.78, 5) is 26.3. The summed E-state index contributed by atoms with van der Waals surface area (Å²) in [7, 11) is 0. The lowest BCUT2D eigenvalue weighted by Crippen LogP contribution is -1.95. The van der Waals surface area contributed by atoms with Crippen molar-refractivity contribution in [1.29, 1.82) is 0 Å². The van der Waals surface area contributed by atoms with Crippen LogP contribution in [-0.4, -0.2) is 36.1 Å². The van der Waals surface area contributed by atoms with Crippen molar-refractivity contribution in [3.8, 4) is 17.4 Å². The molecule has 110 valence electrons. The fourth-order valence-electron chi connectivity index (χ4n) is 1.48. The molecule has 0 saturated heterocycles. The Bertz CT molecular complexity index is 699. The van der Waals surface area contributed by atoms with Gasteiger partial charge in [-0.3, -0.25) is 0 Å². The van der Waals surface area contributed by atoms with Gasteiger partial charge < -0.3 is 10.2 Å². The van der Waals surface area contributed by atoms with Crippen molar-refractivity contribution < 1.29 is 15.0 Å². The van der Waals surface area contributed by atoms with E-state index in [1.54, 1.807) is 49.1 Å². The summed E-state index contributed by atoms with van der Waals surface area (Å²) < 4.78 is 0. The second kappa shape index (κ2) is 7.44. The number of carbonyl (C=O) groups is 1. The molecule has 0 unspecified atom stereocenters. The van der Waals surface area contributed by atoms with Crippen LogP contribution in [0.15, 0.2) is 61.2 Å². The SMILES string of the molecule is O=C(O)c1ccccc1O.c1cnc(-c2ncccn2)nc1. The molecule has 0 fully saturated rings. The predicted octanol–water partition coefficient (Wildman–Crippen LogP) is 2.02. The van der Waals surface area contributed by atoms with Gasteiger partial charge in [0, 0.05) is 24.8 Å². The second-order valence-electron chi connectivity index (χ2n) is 3.97. The smallest absolute Gasteiger partial charge is 0.339 e. The maximum atomic E-state index is 10.3. The third-order valence-corrected chi connectivity index (χ3v) is 2.47. The topological polar surface area (TPSA) is 109 Å². The first kappa shape index (κ1) is 15.0. The predicted molar refractivity (Wildman–Crippen MR) is 78.1 cm³/mol. The molecule has 3 aromatic rings. The molecule has 3 rings (SSSR count). The molecule has 0 aliphatic heterocycles. The van der Waals surface area contributed by atoms with Crippen molar-refractivity contribution in [1.82, 2.24) is 19.9 Å². The van der Waals surface area contributed by atoms with Gasteiger partial charge in [0.2, 0.25) is 0 Å². The lowest BCUT2D eigenvalue weighted by atomic mass is 10.2. The largest absolute Gasteiger partial charge is 0.507 e. The van der Waals surface area contributed by atoms with Gasteiger partial charge >= 0.3 is 5.97 Å². The molecule has 1 aromatic carbocycles. The van der Waals surface area contributed by atoms with Gasteiger partial charge in [-0.05, 0) is 24.3 Å². The number of para-hydroxylation sites is 1. The average Bonchev–Trinajstić information content (AvgIpc) is 2.57. The number of hydrogen-bond donors (Lipinski definition) is 2. The lowest BCUT2D eigenvalue weighted by molar-refractivity contribution is 0.0693. The van der Waals surface area contributed by atoms with Crippen molar-refractivity contribution in [3.63, 3.8) is 0 Å². The van der Waals surface area contributed by atoms with E-state index in [2.05, 4.69) is 19.9 Å². The van der Waals surface area contributed by atoms with E-state index in [1.807, 2.05) is 0 Å². The molecule has 0 amide bonds. The fourth-order valence-corrected chi connectivity index (χ4v) is 1.48. The van der Waals surface area contributed by atoms with Crippen LogP contribution in [0.3, 0.4) is 0 Å². The van der Waals surface area contributed by atoms with E-state index in [4.69, 9.17) is 10.2 Å². The van der Waals surface area contributed by atoms with Crippen molar-refractivity contribution in [3.05, 3.63) is 66.7 Å². The van der Waals surface area contributed by atoms with E-state index in [0.717, 1.165) is 0 Å². The summed E-state index contributed by atoms with van der Waals surface area (Å²) in [5.41, 5.74) is -0.0671. The van der Waals surface area contributed by atoms with E-state index >= 15 is 0 Å². The highest BCUT2D eigenvalue weighted by Crippen LogP contribution is 2.14. The lowest BCUT2D eigenvalue weighted by Gasteiger charge is -1.95. The summed E-state index contributed by atoms with van der Waals surface area (Å²) in [6, 6.07) is 9.32. The van der Waals surface area contributed by atoms with E-state index in [-0.39, 0.29) is 11.3 Å². The standard InChI is InChI=1S/C8H6N4.C7H6O3/c1-3-9-7(10-4-1)8-11-5-2-6-12-8;8-6-4-2-1-3-5(6)7(9)10/h1-6H;1-4,8H,(H,9,10). The van der Waals surface area contributed by atoms with Gasteiger partial charge in [0.05, 0.1) is 0 Å². The summed E-state index contributed by atoms with van der Waals surface area (Å²) in [5, 5.41) is 17.3. The van der Waals surface area contributed by atoms with Crippen LogP contribution < -0.4 is 0 Å². The Balaban J connectivity index is 0.000000164. The first-order valence-corrected chi connectivity index (χ1v) is 6.24. The van der Waals surface area contributed by atoms with Crippen LogP contribution in [0.25, 0.3) is 11.6 Å². The quantitative estimate of drug-likeness (QED) is 0.744. The number of aromatic hydroxyl groups is 1. The number of aromatic carboxylic acids is 1. The van der Waals surface area contributed by atoms with Crippen molar-refractivity contribution in [2.24, 2.45) is 0 Å². The Morgan fingerprint density at radius 3 is 1.59 bits per heavy atom. The number of nitrogens with zero attached hydrogens (tertiary/aromatic N) is 4. The number of hydrogen-bond acceptors (Lipinski definition) is 6. The minimum absolute atomic E-state index is 0.0671. The Hall–Kier alpha value is -3.35. The first-order chi connectivity index (χ1) is 10.7. The minimum atomic E-state index is -1.11. The van der Waals surface area contributed by atoms with Crippen molar-refractivity contribution in [2.45, 2.75) is 0 Å². The normalized spacial score (nSPS) is 9.45. The minimum Gasteiger partial charge on any atom is -0.507 e. The molecule has 0 saturated carbocycles. The zero-order valence-corrected chi connectivity index (χ0v) is 11.4. The van der Waals surface area contributed by atoms with E-state index in [1.165, 1.54) is 12.1 Å². The Morgan fingerprint density at radius 2 is 1.23 bits per heavy atom. The molecule has 2 aromatic heterocycles. The van der Waals surface area contributed by atoms with Crippen molar-refractivity contribution >= 4 is 5.97 Å². The molecule has 7 heteroatoms. The molecule has 0 bridgehead atoms.